The van der Waals surface area contributed by atoms with Crippen LogP contribution in [0.1, 0.15) is 16.7 Å². The summed E-state index contributed by atoms with van der Waals surface area (Å²) < 4.78 is 26.3. The van der Waals surface area contributed by atoms with Crippen molar-refractivity contribution in [2.75, 3.05) is 7.05 Å². The highest BCUT2D eigenvalue weighted by Crippen LogP contribution is 2.20. The van der Waals surface area contributed by atoms with Crippen LogP contribution in [0.5, 0.6) is 0 Å². The number of aliphatic carboxylic acids is 1. The first kappa shape index (κ1) is 18.2. The van der Waals surface area contributed by atoms with E-state index < -0.39 is 22.0 Å². The van der Waals surface area contributed by atoms with E-state index in [1.54, 1.807) is 12.1 Å². The molecule has 24 heavy (non-hydrogen) atoms. The molecule has 0 aromatic heterocycles. The van der Waals surface area contributed by atoms with Crippen LogP contribution in [0.2, 0.25) is 0 Å². The van der Waals surface area contributed by atoms with Gasteiger partial charge in [-0.3, -0.25) is 4.79 Å². The molecule has 2 rings (SSSR count). The van der Waals surface area contributed by atoms with Gasteiger partial charge in [-0.15, -0.1) is 0 Å². The first-order valence-electron chi connectivity index (χ1n) is 7.55. The van der Waals surface area contributed by atoms with Crippen LogP contribution in [0.4, 0.5) is 0 Å². The van der Waals surface area contributed by atoms with Crippen molar-refractivity contribution in [3.63, 3.8) is 0 Å². The van der Waals surface area contributed by atoms with Crippen LogP contribution in [0.3, 0.4) is 0 Å². The molecule has 0 saturated heterocycles. The third-order valence-electron chi connectivity index (χ3n) is 3.97. The summed E-state index contributed by atoms with van der Waals surface area (Å²) in [7, 11) is -2.57. The molecule has 2 aromatic carbocycles. The maximum absolute atomic E-state index is 12.7. The third kappa shape index (κ3) is 4.01. The van der Waals surface area contributed by atoms with E-state index in [0.29, 0.717) is 0 Å². The number of hydrogen-bond acceptors (Lipinski definition) is 3. The van der Waals surface area contributed by atoms with Crippen LogP contribution in [0.15, 0.2) is 53.4 Å². The molecule has 2 aromatic rings. The van der Waals surface area contributed by atoms with Crippen LogP contribution in [0, 0.1) is 13.8 Å². The monoisotopic (exact) mass is 347 g/mol. The van der Waals surface area contributed by atoms with Crippen molar-refractivity contribution in [3.8, 4) is 0 Å². The molecular formula is C18H21NO4S. The lowest BCUT2D eigenvalue weighted by molar-refractivity contribution is -0.141. The largest absolute Gasteiger partial charge is 0.480 e. The molecule has 0 aliphatic carbocycles. The molecule has 0 amide bonds. The number of nitrogens with zero attached hydrogens (tertiary/aromatic N) is 1. The minimum atomic E-state index is -3.88. The van der Waals surface area contributed by atoms with Crippen molar-refractivity contribution in [2.24, 2.45) is 0 Å². The number of hydrogen-bond donors (Lipinski definition) is 1. The molecule has 0 radical (unpaired) electrons. The molecule has 5 nitrogen and oxygen atoms in total. The van der Waals surface area contributed by atoms with Gasteiger partial charge < -0.3 is 5.11 Å². The number of carboxylic acid groups (broad SMARTS) is 1. The van der Waals surface area contributed by atoms with Crippen LogP contribution in [-0.4, -0.2) is 36.9 Å². The Morgan fingerprint density at radius 2 is 1.46 bits per heavy atom. The Labute approximate surface area is 142 Å². The zero-order valence-corrected chi connectivity index (χ0v) is 14.7. The summed E-state index contributed by atoms with van der Waals surface area (Å²) in [4.78, 5) is 11.7. The van der Waals surface area contributed by atoms with Crippen molar-refractivity contribution >= 4 is 16.0 Å². The van der Waals surface area contributed by atoms with Gasteiger partial charge in [0.1, 0.15) is 6.04 Å². The lowest BCUT2D eigenvalue weighted by Crippen LogP contribution is -2.43. The number of sulfonamides is 1. The third-order valence-corrected chi connectivity index (χ3v) is 5.85. The van der Waals surface area contributed by atoms with Crippen molar-refractivity contribution in [1.29, 1.82) is 0 Å². The Bertz CT molecular complexity index is 811. The van der Waals surface area contributed by atoms with E-state index >= 15 is 0 Å². The molecule has 0 aliphatic heterocycles. The SMILES string of the molecule is Cc1ccc(CC(C(=O)O)N(C)S(=O)(=O)c2ccc(C)cc2)cc1. The first-order chi connectivity index (χ1) is 11.2. The van der Waals surface area contributed by atoms with Gasteiger partial charge in [0, 0.05) is 7.05 Å². The average Bonchev–Trinajstić information content (AvgIpc) is 2.53. The van der Waals surface area contributed by atoms with Gasteiger partial charge in [0.2, 0.25) is 10.0 Å². The van der Waals surface area contributed by atoms with E-state index in [0.717, 1.165) is 21.0 Å². The molecule has 1 N–H and O–H groups in total. The standard InChI is InChI=1S/C18H21NO4S/c1-13-4-8-15(9-5-13)12-17(18(20)21)19(3)24(22,23)16-10-6-14(2)7-11-16/h4-11,17H,12H2,1-3H3,(H,20,21). The van der Waals surface area contributed by atoms with Crippen LogP contribution >= 0.6 is 0 Å². The van der Waals surface area contributed by atoms with Crippen LogP contribution in [0.25, 0.3) is 0 Å². The second kappa shape index (κ2) is 7.15. The summed E-state index contributed by atoms with van der Waals surface area (Å²) in [5.74, 6) is -1.17. The average molecular weight is 347 g/mol. The maximum Gasteiger partial charge on any atom is 0.322 e. The lowest BCUT2D eigenvalue weighted by Gasteiger charge is -2.24. The van der Waals surface area contributed by atoms with Gasteiger partial charge in [-0.2, -0.15) is 4.31 Å². The molecule has 0 heterocycles. The number of benzene rings is 2. The number of aryl methyl sites for hydroxylation is 2. The molecular weight excluding hydrogens is 326 g/mol. The summed E-state index contributed by atoms with van der Waals surface area (Å²) in [6.07, 6.45) is 0.108. The Hall–Kier alpha value is -2.18. The summed E-state index contributed by atoms with van der Waals surface area (Å²) in [6.45, 7) is 3.80. The van der Waals surface area contributed by atoms with Crippen molar-refractivity contribution in [3.05, 3.63) is 65.2 Å². The Morgan fingerprint density at radius 3 is 1.92 bits per heavy atom. The van der Waals surface area contributed by atoms with Crippen molar-refractivity contribution in [2.45, 2.75) is 31.2 Å². The summed E-state index contributed by atoms with van der Waals surface area (Å²) >= 11 is 0. The number of likely N-dealkylation sites (N-methyl/N-ethyl adjacent to an activating group) is 1. The Kier molecular flexibility index (Phi) is 5.41. The fourth-order valence-electron chi connectivity index (χ4n) is 2.36. The fraction of sp³-hybridized carbons (Fsp3) is 0.278. The summed E-state index contributed by atoms with van der Waals surface area (Å²) in [6, 6.07) is 12.6. The van der Waals surface area contributed by atoms with Crippen LogP contribution < -0.4 is 0 Å². The summed E-state index contributed by atoms with van der Waals surface area (Å²) in [5, 5.41) is 9.51. The minimum absolute atomic E-state index is 0.0887. The second-order valence-electron chi connectivity index (χ2n) is 5.88. The van der Waals surface area contributed by atoms with Crippen molar-refractivity contribution in [1.82, 2.24) is 4.31 Å². The number of carbonyl (C=O) groups is 1. The zero-order valence-electron chi connectivity index (χ0n) is 13.9. The highest BCUT2D eigenvalue weighted by molar-refractivity contribution is 7.89. The van der Waals surface area contributed by atoms with E-state index in [-0.39, 0.29) is 11.3 Å². The molecule has 0 fully saturated rings. The Morgan fingerprint density at radius 1 is 1.00 bits per heavy atom. The molecule has 0 aliphatic rings. The van der Waals surface area contributed by atoms with Gasteiger partial charge in [-0.05, 0) is 38.0 Å². The molecule has 128 valence electrons. The van der Waals surface area contributed by atoms with E-state index in [4.69, 9.17) is 0 Å². The van der Waals surface area contributed by atoms with Gasteiger partial charge in [-0.1, -0.05) is 47.5 Å². The Balaban J connectivity index is 2.31. The normalized spacial score (nSPS) is 13.0. The van der Waals surface area contributed by atoms with E-state index in [2.05, 4.69) is 0 Å². The second-order valence-corrected chi connectivity index (χ2v) is 7.88. The summed E-state index contributed by atoms with van der Waals surface area (Å²) in [5.41, 5.74) is 2.77. The minimum Gasteiger partial charge on any atom is -0.480 e. The van der Waals surface area contributed by atoms with Gasteiger partial charge in [0.05, 0.1) is 4.90 Å². The molecule has 1 unspecified atom stereocenters. The molecule has 0 saturated carbocycles. The first-order valence-corrected chi connectivity index (χ1v) is 8.99. The fourth-order valence-corrected chi connectivity index (χ4v) is 3.68. The predicted octanol–water partition coefficient (Wildman–Crippen LogP) is 2.62. The van der Waals surface area contributed by atoms with Gasteiger partial charge >= 0.3 is 5.97 Å². The predicted molar refractivity (Wildman–Crippen MR) is 92.4 cm³/mol. The van der Waals surface area contributed by atoms with Gasteiger partial charge in [0.25, 0.3) is 0 Å². The zero-order chi connectivity index (χ0) is 17.9. The lowest BCUT2D eigenvalue weighted by atomic mass is 10.0. The molecule has 0 bridgehead atoms. The highest BCUT2D eigenvalue weighted by atomic mass is 32.2. The smallest absolute Gasteiger partial charge is 0.322 e. The van der Waals surface area contributed by atoms with E-state index in [9.17, 15) is 18.3 Å². The molecule has 0 spiro atoms. The highest BCUT2D eigenvalue weighted by Gasteiger charge is 2.32. The van der Waals surface area contributed by atoms with E-state index in [1.165, 1.54) is 19.2 Å². The maximum atomic E-state index is 12.7. The molecule has 1 atom stereocenters. The van der Waals surface area contributed by atoms with Gasteiger partial charge in [0.15, 0.2) is 0 Å². The van der Waals surface area contributed by atoms with Crippen molar-refractivity contribution < 1.29 is 18.3 Å². The molecule has 6 heteroatoms. The van der Waals surface area contributed by atoms with E-state index in [1.807, 2.05) is 38.1 Å². The van der Waals surface area contributed by atoms with Gasteiger partial charge in [-0.25, -0.2) is 8.42 Å². The quantitative estimate of drug-likeness (QED) is 0.872. The topological polar surface area (TPSA) is 74.7 Å². The van der Waals surface area contributed by atoms with Crippen LogP contribution in [-0.2, 0) is 21.2 Å². The number of rotatable bonds is 6. The number of carboxylic acids is 1.